The minimum absolute atomic E-state index is 0.233. The monoisotopic (exact) mass is 267 g/mol. The minimum atomic E-state index is 0.233. The van der Waals surface area contributed by atoms with Crippen molar-refractivity contribution in [1.82, 2.24) is 15.3 Å². The van der Waals surface area contributed by atoms with Gasteiger partial charge in [0.25, 0.3) is 0 Å². The maximum atomic E-state index is 9.81. The molecule has 20 heavy (non-hydrogen) atoms. The van der Waals surface area contributed by atoms with Crippen LogP contribution in [0.2, 0.25) is 0 Å². The molecule has 102 valence electrons. The van der Waals surface area contributed by atoms with Crippen molar-refractivity contribution in [3.05, 3.63) is 60.0 Å². The van der Waals surface area contributed by atoms with E-state index in [9.17, 15) is 5.11 Å². The van der Waals surface area contributed by atoms with Gasteiger partial charge in [-0.3, -0.25) is 0 Å². The summed E-state index contributed by atoms with van der Waals surface area (Å²) >= 11 is 0. The number of aromatic hydroxyl groups is 1. The molecule has 0 radical (unpaired) electrons. The number of hydrogen-bond donors (Lipinski definition) is 3. The van der Waals surface area contributed by atoms with E-state index in [2.05, 4.69) is 21.4 Å². The number of phenols is 1. The Morgan fingerprint density at radius 3 is 2.95 bits per heavy atom. The summed E-state index contributed by atoms with van der Waals surface area (Å²) in [5, 5.41) is 14.1. The average Bonchev–Trinajstić information content (AvgIpc) is 2.98. The lowest BCUT2D eigenvalue weighted by atomic mass is 10.2. The number of aromatic nitrogens is 2. The van der Waals surface area contributed by atoms with Gasteiger partial charge in [0.15, 0.2) is 0 Å². The first-order chi connectivity index (χ1) is 9.83. The number of fused-ring (bicyclic) bond motifs is 1. The summed E-state index contributed by atoms with van der Waals surface area (Å²) in [4.78, 5) is 7.54. The molecular weight excluding hydrogens is 250 g/mol. The Balaban J connectivity index is 1.61. The highest BCUT2D eigenvalue weighted by Crippen LogP contribution is 2.22. The number of aromatic amines is 1. The van der Waals surface area contributed by atoms with Crippen LogP contribution >= 0.6 is 0 Å². The van der Waals surface area contributed by atoms with Crippen LogP contribution in [-0.4, -0.2) is 21.6 Å². The molecule has 3 aromatic rings. The number of phenolic OH excluding ortho intramolecular Hbond substituents is 1. The zero-order valence-electron chi connectivity index (χ0n) is 11.1. The van der Waals surface area contributed by atoms with Gasteiger partial charge in [-0.15, -0.1) is 0 Å². The van der Waals surface area contributed by atoms with Crippen LogP contribution in [0.25, 0.3) is 10.9 Å². The number of benzene rings is 1. The molecule has 0 bridgehead atoms. The molecule has 2 heterocycles. The third-order valence-corrected chi connectivity index (χ3v) is 3.32. The normalized spacial score (nSPS) is 11.0. The van der Waals surface area contributed by atoms with E-state index >= 15 is 0 Å². The molecule has 4 heteroatoms. The standard InChI is InChI=1S/C16H17N3O/c20-15-3-1-2-13-4-5-14(19-16(13)15)11-18-9-7-12-6-8-17-10-12/h1-6,8,10,17-18,20H,7,9,11H2. The van der Waals surface area contributed by atoms with Crippen molar-refractivity contribution < 1.29 is 5.11 Å². The zero-order valence-corrected chi connectivity index (χ0v) is 11.1. The van der Waals surface area contributed by atoms with Crippen molar-refractivity contribution in [1.29, 1.82) is 0 Å². The molecular formula is C16H17N3O. The first-order valence-electron chi connectivity index (χ1n) is 6.73. The molecule has 2 aromatic heterocycles. The molecule has 0 aliphatic carbocycles. The second-order valence-electron chi connectivity index (χ2n) is 4.80. The number of rotatable bonds is 5. The van der Waals surface area contributed by atoms with Gasteiger partial charge in [0.2, 0.25) is 0 Å². The van der Waals surface area contributed by atoms with E-state index < -0.39 is 0 Å². The lowest BCUT2D eigenvalue weighted by Gasteiger charge is -2.06. The topological polar surface area (TPSA) is 60.9 Å². The molecule has 0 saturated heterocycles. The van der Waals surface area contributed by atoms with E-state index in [-0.39, 0.29) is 5.75 Å². The molecule has 0 aliphatic rings. The highest BCUT2D eigenvalue weighted by Gasteiger charge is 2.02. The summed E-state index contributed by atoms with van der Waals surface area (Å²) in [7, 11) is 0. The fourth-order valence-electron chi connectivity index (χ4n) is 2.23. The number of hydrogen-bond acceptors (Lipinski definition) is 3. The Morgan fingerprint density at radius 1 is 1.15 bits per heavy atom. The summed E-state index contributed by atoms with van der Waals surface area (Å²) in [6, 6.07) is 11.5. The summed E-state index contributed by atoms with van der Waals surface area (Å²) in [5.74, 6) is 0.233. The number of pyridine rings is 1. The second-order valence-corrected chi connectivity index (χ2v) is 4.80. The first kappa shape index (κ1) is 12.7. The van der Waals surface area contributed by atoms with Gasteiger partial charge in [-0.2, -0.15) is 0 Å². The number of H-pyrrole nitrogens is 1. The van der Waals surface area contributed by atoms with Crippen LogP contribution in [0.3, 0.4) is 0 Å². The predicted octanol–water partition coefficient (Wildman–Crippen LogP) is 2.60. The number of nitrogens with zero attached hydrogens (tertiary/aromatic N) is 1. The SMILES string of the molecule is Oc1cccc2ccc(CNCCc3cc[nH]c3)nc12. The third-order valence-electron chi connectivity index (χ3n) is 3.32. The number of para-hydroxylation sites is 1. The van der Waals surface area contributed by atoms with Gasteiger partial charge >= 0.3 is 0 Å². The first-order valence-corrected chi connectivity index (χ1v) is 6.73. The molecule has 0 atom stereocenters. The van der Waals surface area contributed by atoms with Crippen LogP contribution < -0.4 is 5.32 Å². The van der Waals surface area contributed by atoms with Crippen molar-refractivity contribution in [3.8, 4) is 5.75 Å². The van der Waals surface area contributed by atoms with E-state index in [0.717, 1.165) is 24.0 Å². The van der Waals surface area contributed by atoms with Gasteiger partial charge in [-0.05, 0) is 36.7 Å². The van der Waals surface area contributed by atoms with Gasteiger partial charge in [0.05, 0.1) is 5.69 Å². The highest BCUT2D eigenvalue weighted by molar-refractivity contribution is 5.84. The lowest BCUT2D eigenvalue weighted by Crippen LogP contribution is -2.17. The Kier molecular flexibility index (Phi) is 3.65. The quantitative estimate of drug-likeness (QED) is 0.623. The van der Waals surface area contributed by atoms with E-state index in [1.807, 2.05) is 36.7 Å². The largest absolute Gasteiger partial charge is 0.506 e. The molecule has 3 rings (SSSR count). The van der Waals surface area contributed by atoms with Gasteiger partial charge in [-0.1, -0.05) is 18.2 Å². The van der Waals surface area contributed by atoms with Crippen molar-refractivity contribution in [2.75, 3.05) is 6.54 Å². The molecule has 4 nitrogen and oxygen atoms in total. The molecule has 3 N–H and O–H groups in total. The van der Waals surface area contributed by atoms with E-state index in [1.54, 1.807) is 6.07 Å². The third kappa shape index (κ3) is 2.81. The summed E-state index contributed by atoms with van der Waals surface area (Å²) < 4.78 is 0. The maximum Gasteiger partial charge on any atom is 0.141 e. The van der Waals surface area contributed by atoms with E-state index in [4.69, 9.17) is 0 Å². The zero-order chi connectivity index (χ0) is 13.8. The van der Waals surface area contributed by atoms with Crippen molar-refractivity contribution in [2.45, 2.75) is 13.0 Å². The molecule has 0 unspecified atom stereocenters. The Hall–Kier alpha value is -2.33. The summed E-state index contributed by atoms with van der Waals surface area (Å²) in [5.41, 5.74) is 2.90. The molecule has 0 fully saturated rings. The molecule has 0 aliphatic heterocycles. The number of nitrogens with one attached hydrogen (secondary N) is 2. The van der Waals surface area contributed by atoms with E-state index in [0.29, 0.717) is 12.1 Å². The molecule has 1 aromatic carbocycles. The van der Waals surface area contributed by atoms with Gasteiger partial charge in [-0.25, -0.2) is 4.98 Å². The van der Waals surface area contributed by atoms with Crippen LogP contribution in [-0.2, 0) is 13.0 Å². The van der Waals surface area contributed by atoms with Crippen LogP contribution in [0.15, 0.2) is 48.8 Å². The Labute approximate surface area is 117 Å². The van der Waals surface area contributed by atoms with Crippen LogP contribution in [0.4, 0.5) is 0 Å². The van der Waals surface area contributed by atoms with Gasteiger partial charge < -0.3 is 15.4 Å². The Bertz CT molecular complexity index is 692. The Morgan fingerprint density at radius 2 is 2.10 bits per heavy atom. The fourth-order valence-corrected chi connectivity index (χ4v) is 2.23. The van der Waals surface area contributed by atoms with Crippen molar-refractivity contribution in [3.63, 3.8) is 0 Å². The minimum Gasteiger partial charge on any atom is -0.506 e. The van der Waals surface area contributed by atoms with Crippen LogP contribution in [0.5, 0.6) is 5.75 Å². The maximum absolute atomic E-state index is 9.81. The average molecular weight is 267 g/mol. The van der Waals surface area contributed by atoms with Crippen molar-refractivity contribution >= 4 is 10.9 Å². The summed E-state index contributed by atoms with van der Waals surface area (Å²) in [6.07, 6.45) is 4.93. The summed E-state index contributed by atoms with van der Waals surface area (Å²) in [6.45, 7) is 1.60. The molecule has 0 spiro atoms. The second kappa shape index (κ2) is 5.75. The van der Waals surface area contributed by atoms with Crippen LogP contribution in [0.1, 0.15) is 11.3 Å². The highest BCUT2D eigenvalue weighted by atomic mass is 16.3. The van der Waals surface area contributed by atoms with Crippen molar-refractivity contribution in [2.24, 2.45) is 0 Å². The van der Waals surface area contributed by atoms with Crippen LogP contribution in [0, 0.1) is 0 Å². The fraction of sp³-hybridized carbons (Fsp3) is 0.188. The molecule has 0 amide bonds. The van der Waals surface area contributed by atoms with Gasteiger partial charge in [0.1, 0.15) is 11.3 Å². The molecule has 0 saturated carbocycles. The predicted molar refractivity (Wildman–Crippen MR) is 79.6 cm³/mol. The lowest BCUT2D eigenvalue weighted by molar-refractivity contribution is 0.480. The smallest absolute Gasteiger partial charge is 0.141 e. The van der Waals surface area contributed by atoms with E-state index in [1.165, 1.54) is 5.56 Å². The van der Waals surface area contributed by atoms with Gasteiger partial charge in [0, 0.05) is 24.3 Å².